The van der Waals surface area contributed by atoms with Crippen LogP contribution < -0.4 is 9.64 Å². The molecule has 2 aromatic rings. The Morgan fingerprint density at radius 1 is 1.17 bits per heavy atom. The van der Waals surface area contributed by atoms with Crippen LogP contribution in [0.4, 0.5) is 5.69 Å². The Hall–Kier alpha value is -2.09. The number of carbonyl (C=O) groups excluding carboxylic acids is 1. The first-order valence-corrected chi connectivity index (χ1v) is 11.7. The Morgan fingerprint density at radius 3 is 2.57 bits per heavy atom. The molecule has 1 aliphatic heterocycles. The molecule has 1 aliphatic rings. The SMILES string of the molecule is COc1ccc(Cl)cc1S(=O)(=O)N1CCC[C@H](C(=O)N(C)c2ccc(C)c(C)c2)C1. The standard InChI is InChI=1S/C22H27ClN2O4S/c1-15-7-9-19(12-16(15)2)24(3)22(26)17-6-5-11-25(14-17)30(27,28)21-13-18(23)8-10-20(21)29-4/h7-10,12-13,17H,5-6,11,14H2,1-4H3/t17-/m0/s1. The summed E-state index contributed by atoms with van der Waals surface area (Å²) in [5, 5.41) is 0.313. The predicted octanol–water partition coefficient (Wildman–Crippen LogP) is 4.03. The number of carbonyl (C=O) groups is 1. The van der Waals surface area contributed by atoms with Gasteiger partial charge in [0.15, 0.2) is 0 Å². The average molecular weight is 451 g/mol. The van der Waals surface area contributed by atoms with Gasteiger partial charge in [-0.25, -0.2) is 8.42 Å². The van der Waals surface area contributed by atoms with Crippen LogP contribution in [0.15, 0.2) is 41.3 Å². The molecule has 1 amide bonds. The third-order valence-corrected chi connectivity index (χ3v) is 7.81. The number of hydrogen-bond donors (Lipinski definition) is 0. The number of rotatable bonds is 5. The third-order valence-electron chi connectivity index (χ3n) is 5.69. The Bertz CT molecular complexity index is 1060. The summed E-state index contributed by atoms with van der Waals surface area (Å²) >= 11 is 6.03. The molecule has 0 bridgehead atoms. The molecule has 0 radical (unpaired) electrons. The second-order valence-electron chi connectivity index (χ2n) is 7.66. The molecular weight excluding hydrogens is 424 g/mol. The fourth-order valence-corrected chi connectivity index (χ4v) is 5.63. The highest BCUT2D eigenvalue weighted by molar-refractivity contribution is 7.89. The first-order chi connectivity index (χ1) is 14.1. The molecule has 1 fully saturated rings. The van der Waals surface area contributed by atoms with Gasteiger partial charge in [0.2, 0.25) is 15.9 Å². The first kappa shape index (κ1) is 22.6. The van der Waals surface area contributed by atoms with E-state index in [0.29, 0.717) is 24.4 Å². The van der Waals surface area contributed by atoms with Crippen molar-refractivity contribution in [2.24, 2.45) is 5.92 Å². The number of amides is 1. The second kappa shape index (κ2) is 8.96. The van der Waals surface area contributed by atoms with Crippen molar-refractivity contribution in [2.45, 2.75) is 31.6 Å². The van der Waals surface area contributed by atoms with E-state index >= 15 is 0 Å². The molecule has 1 heterocycles. The summed E-state index contributed by atoms with van der Waals surface area (Å²) in [6.45, 7) is 4.51. The maximum absolute atomic E-state index is 13.3. The van der Waals surface area contributed by atoms with E-state index in [1.54, 1.807) is 18.0 Å². The van der Waals surface area contributed by atoms with Crippen LogP contribution in [0.2, 0.25) is 5.02 Å². The number of ether oxygens (including phenoxy) is 1. The minimum absolute atomic E-state index is 0.0214. The van der Waals surface area contributed by atoms with Crippen molar-refractivity contribution in [3.05, 3.63) is 52.5 Å². The van der Waals surface area contributed by atoms with Gasteiger partial charge in [0.05, 0.1) is 13.0 Å². The fourth-order valence-electron chi connectivity index (χ4n) is 3.69. The molecule has 30 heavy (non-hydrogen) atoms. The van der Waals surface area contributed by atoms with Gasteiger partial charge in [0.25, 0.3) is 0 Å². The Balaban J connectivity index is 1.83. The van der Waals surface area contributed by atoms with Crippen LogP contribution in [0.3, 0.4) is 0 Å². The lowest BCUT2D eigenvalue weighted by Crippen LogP contribution is -2.46. The summed E-state index contributed by atoms with van der Waals surface area (Å²) < 4.78 is 33.1. The summed E-state index contributed by atoms with van der Waals surface area (Å²) in [5.74, 6) is -0.262. The highest BCUT2D eigenvalue weighted by Gasteiger charge is 2.36. The zero-order valence-electron chi connectivity index (χ0n) is 17.7. The normalized spacial score (nSPS) is 17.6. The smallest absolute Gasteiger partial charge is 0.246 e. The zero-order chi connectivity index (χ0) is 22.1. The molecule has 3 rings (SSSR count). The summed E-state index contributed by atoms with van der Waals surface area (Å²) in [5.41, 5.74) is 3.07. The van der Waals surface area contributed by atoms with Crippen LogP contribution in [0.1, 0.15) is 24.0 Å². The molecule has 1 atom stereocenters. The molecule has 0 saturated carbocycles. The van der Waals surface area contributed by atoms with E-state index in [1.807, 2.05) is 32.0 Å². The first-order valence-electron chi connectivity index (χ1n) is 9.83. The van der Waals surface area contributed by atoms with Crippen LogP contribution in [0, 0.1) is 19.8 Å². The highest BCUT2D eigenvalue weighted by atomic mass is 35.5. The largest absolute Gasteiger partial charge is 0.495 e. The molecule has 0 aromatic heterocycles. The van der Waals surface area contributed by atoms with Gasteiger partial charge in [0.1, 0.15) is 10.6 Å². The second-order valence-corrected chi connectivity index (χ2v) is 10.0. The lowest BCUT2D eigenvalue weighted by atomic mass is 9.98. The van der Waals surface area contributed by atoms with Gasteiger partial charge in [-0.1, -0.05) is 17.7 Å². The zero-order valence-corrected chi connectivity index (χ0v) is 19.3. The number of methoxy groups -OCH3 is 1. The van der Waals surface area contributed by atoms with Crippen molar-refractivity contribution in [1.29, 1.82) is 0 Å². The summed E-state index contributed by atoms with van der Waals surface area (Å²) in [4.78, 5) is 14.8. The predicted molar refractivity (Wildman–Crippen MR) is 119 cm³/mol. The Morgan fingerprint density at radius 2 is 1.90 bits per heavy atom. The molecule has 0 N–H and O–H groups in total. The number of piperidine rings is 1. The number of hydrogen-bond acceptors (Lipinski definition) is 4. The lowest BCUT2D eigenvalue weighted by molar-refractivity contribution is -0.123. The number of aryl methyl sites for hydroxylation is 2. The number of anilines is 1. The van der Waals surface area contributed by atoms with Crippen molar-refractivity contribution in [2.75, 3.05) is 32.1 Å². The third kappa shape index (κ3) is 4.48. The monoisotopic (exact) mass is 450 g/mol. The molecule has 0 unspecified atom stereocenters. The van der Waals surface area contributed by atoms with Gasteiger partial charge in [-0.05, 0) is 68.1 Å². The number of sulfonamides is 1. The van der Waals surface area contributed by atoms with Gasteiger partial charge in [-0.3, -0.25) is 4.79 Å². The number of benzene rings is 2. The molecule has 8 heteroatoms. The molecular formula is C22H27ClN2O4S. The van der Waals surface area contributed by atoms with E-state index in [9.17, 15) is 13.2 Å². The molecule has 1 saturated heterocycles. The van der Waals surface area contributed by atoms with Crippen LogP contribution in [0.5, 0.6) is 5.75 Å². The Kier molecular flexibility index (Phi) is 6.75. The maximum atomic E-state index is 13.3. The quantitative estimate of drug-likeness (QED) is 0.689. The van der Waals surface area contributed by atoms with Gasteiger partial charge < -0.3 is 9.64 Å². The molecule has 0 spiro atoms. The van der Waals surface area contributed by atoms with Crippen LogP contribution in [0.25, 0.3) is 0 Å². The van der Waals surface area contributed by atoms with Gasteiger partial charge in [0, 0.05) is 30.8 Å². The minimum Gasteiger partial charge on any atom is -0.495 e. The van der Waals surface area contributed by atoms with Crippen molar-refractivity contribution >= 4 is 33.2 Å². The Labute approximate surface area is 183 Å². The molecule has 162 valence electrons. The van der Waals surface area contributed by atoms with Crippen molar-refractivity contribution < 1.29 is 17.9 Å². The minimum atomic E-state index is -3.84. The number of nitrogens with zero attached hydrogens (tertiary/aromatic N) is 2. The van der Waals surface area contributed by atoms with Crippen molar-refractivity contribution in [3.63, 3.8) is 0 Å². The fraction of sp³-hybridized carbons (Fsp3) is 0.409. The highest BCUT2D eigenvalue weighted by Crippen LogP contribution is 2.32. The van der Waals surface area contributed by atoms with E-state index in [-0.39, 0.29) is 23.1 Å². The van der Waals surface area contributed by atoms with E-state index in [1.165, 1.54) is 23.5 Å². The maximum Gasteiger partial charge on any atom is 0.246 e. The average Bonchev–Trinajstić information content (AvgIpc) is 2.74. The van der Waals surface area contributed by atoms with Gasteiger partial charge in [-0.2, -0.15) is 4.31 Å². The van der Waals surface area contributed by atoms with E-state index in [4.69, 9.17) is 16.3 Å². The van der Waals surface area contributed by atoms with Crippen molar-refractivity contribution in [3.8, 4) is 5.75 Å². The van der Waals surface area contributed by atoms with E-state index in [0.717, 1.165) is 16.8 Å². The molecule has 6 nitrogen and oxygen atoms in total. The topological polar surface area (TPSA) is 66.9 Å². The van der Waals surface area contributed by atoms with Gasteiger partial charge in [-0.15, -0.1) is 0 Å². The lowest BCUT2D eigenvalue weighted by Gasteiger charge is -2.33. The molecule has 2 aromatic carbocycles. The number of halogens is 1. The summed E-state index contributed by atoms with van der Waals surface area (Å²) in [7, 11) is -0.687. The van der Waals surface area contributed by atoms with Crippen LogP contribution in [-0.4, -0.2) is 45.9 Å². The molecule has 0 aliphatic carbocycles. The van der Waals surface area contributed by atoms with Crippen LogP contribution in [-0.2, 0) is 14.8 Å². The van der Waals surface area contributed by atoms with Crippen molar-refractivity contribution in [1.82, 2.24) is 4.31 Å². The summed E-state index contributed by atoms with van der Waals surface area (Å²) in [6.07, 6.45) is 1.26. The van der Waals surface area contributed by atoms with Crippen LogP contribution >= 0.6 is 11.6 Å². The van der Waals surface area contributed by atoms with E-state index in [2.05, 4.69) is 0 Å². The van der Waals surface area contributed by atoms with E-state index < -0.39 is 15.9 Å². The summed E-state index contributed by atoms with van der Waals surface area (Å²) in [6, 6.07) is 10.4. The van der Waals surface area contributed by atoms with Gasteiger partial charge >= 0.3 is 0 Å².